The summed E-state index contributed by atoms with van der Waals surface area (Å²) in [6, 6.07) is 0.659. The molecule has 1 aliphatic heterocycles. The number of rotatable bonds is 4. The summed E-state index contributed by atoms with van der Waals surface area (Å²) in [6.07, 6.45) is 6.97. The topological polar surface area (TPSA) is 36.4 Å². The van der Waals surface area contributed by atoms with Gasteiger partial charge in [-0.05, 0) is 26.4 Å². The van der Waals surface area contributed by atoms with Gasteiger partial charge in [0.25, 0.3) is 0 Å². The molecule has 1 aromatic rings. The minimum Gasteiger partial charge on any atom is -0.396 e. The maximum absolute atomic E-state index is 9.13. The highest BCUT2D eigenvalue weighted by atomic mass is 32.1. The van der Waals surface area contributed by atoms with E-state index in [1.807, 2.05) is 13.1 Å². The molecule has 0 bridgehead atoms. The molecule has 0 spiro atoms. The second kappa shape index (κ2) is 5.94. The van der Waals surface area contributed by atoms with Crippen LogP contribution in [0.1, 0.15) is 42.0 Å². The molecule has 0 amide bonds. The summed E-state index contributed by atoms with van der Waals surface area (Å²) in [4.78, 5) is 8.16. The molecule has 96 valence electrons. The van der Waals surface area contributed by atoms with E-state index in [2.05, 4.69) is 16.9 Å². The van der Waals surface area contributed by atoms with Gasteiger partial charge in [-0.25, -0.2) is 4.98 Å². The van der Waals surface area contributed by atoms with Gasteiger partial charge in [0.1, 0.15) is 0 Å². The summed E-state index contributed by atoms with van der Waals surface area (Å²) in [5, 5.41) is 10.4. The van der Waals surface area contributed by atoms with E-state index in [0.29, 0.717) is 6.04 Å². The van der Waals surface area contributed by atoms with Crippen LogP contribution >= 0.6 is 11.3 Å². The van der Waals surface area contributed by atoms with Crippen molar-refractivity contribution in [3.8, 4) is 0 Å². The number of piperidine rings is 1. The van der Waals surface area contributed by atoms with E-state index in [1.165, 1.54) is 35.7 Å². The van der Waals surface area contributed by atoms with E-state index in [0.717, 1.165) is 6.42 Å². The molecular formula is C13H22N2OS. The van der Waals surface area contributed by atoms with Crippen LogP contribution in [0.4, 0.5) is 0 Å². The number of hydrogen-bond donors (Lipinski definition) is 1. The van der Waals surface area contributed by atoms with Crippen LogP contribution in [0.3, 0.4) is 0 Å². The van der Waals surface area contributed by atoms with Crippen LogP contribution in [0.25, 0.3) is 0 Å². The smallest absolute Gasteiger partial charge is 0.0943 e. The van der Waals surface area contributed by atoms with Gasteiger partial charge in [0.05, 0.1) is 11.6 Å². The highest BCUT2D eigenvalue weighted by Gasteiger charge is 2.20. The summed E-state index contributed by atoms with van der Waals surface area (Å²) in [5.41, 5.74) is 0. The van der Waals surface area contributed by atoms with Crippen LogP contribution in [0.2, 0.25) is 0 Å². The summed E-state index contributed by atoms with van der Waals surface area (Å²) >= 11 is 1.76. The Morgan fingerprint density at radius 3 is 3.12 bits per heavy atom. The quantitative estimate of drug-likeness (QED) is 0.895. The lowest BCUT2D eigenvalue weighted by atomic mass is 10.0. The van der Waals surface area contributed by atoms with Crippen molar-refractivity contribution in [2.45, 2.75) is 44.6 Å². The fourth-order valence-electron chi connectivity index (χ4n) is 2.34. The number of hydrogen-bond acceptors (Lipinski definition) is 4. The average molecular weight is 254 g/mol. The van der Waals surface area contributed by atoms with Crippen molar-refractivity contribution in [3.63, 3.8) is 0 Å². The van der Waals surface area contributed by atoms with Crippen LogP contribution in [-0.4, -0.2) is 41.2 Å². The largest absolute Gasteiger partial charge is 0.396 e. The number of aromatic nitrogens is 1. The third-order valence-electron chi connectivity index (χ3n) is 3.66. The van der Waals surface area contributed by atoms with E-state index in [4.69, 9.17) is 5.11 Å². The Hall–Kier alpha value is -0.450. The Morgan fingerprint density at radius 1 is 1.59 bits per heavy atom. The standard InChI is InChI=1S/C13H22N2OS/c1-10(9-16)12-8-14-13(17-12)7-11-5-3-4-6-15(11)2/h8,10-11,16H,3-7,9H2,1-2H3. The van der Waals surface area contributed by atoms with Crippen LogP contribution in [0, 0.1) is 0 Å². The molecule has 1 aromatic heterocycles. The van der Waals surface area contributed by atoms with Gasteiger partial charge in [-0.1, -0.05) is 13.3 Å². The summed E-state index contributed by atoms with van der Waals surface area (Å²) in [5.74, 6) is 0.227. The minimum atomic E-state index is 0.213. The Bertz CT molecular complexity index is 353. The molecule has 0 aliphatic carbocycles. The highest BCUT2D eigenvalue weighted by molar-refractivity contribution is 7.11. The van der Waals surface area contributed by atoms with Gasteiger partial charge < -0.3 is 10.0 Å². The Kier molecular flexibility index (Phi) is 4.54. The number of aliphatic hydroxyl groups is 1. The molecule has 1 fully saturated rings. The molecule has 1 N–H and O–H groups in total. The zero-order valence-corrected chi connectivity index (χ0v) is 11.5. The second-order valence-electron chi connectivity index (χ2n) is 5.07. The molecule has 2 unspecified atom stereocenters. The van der Waals surface area contributed by atoms with Gasteiger partial charge in [0, 0.05) is 29.5 Å². The van der Waals surface area contributed by atoms with E-state index >= 15 is 0 Å². The van der Waals surface area contributed by atoms with Crippen molar-refractivity contribution in [2.24, 2.45) is 0 Å². The van der Waals surface area contributed by atoms with Crippen molar-refractivity contribution in [3.05, 3.63) is 16.1 Å². The van der Waals surface area contributed by atoms with E-state index in [9.17, 15) is 0 Å². The molecule has 3 nitrogen and oxygen atoms in total. The van der Waals surface area contributed by atoms with Crippen molar-refractivity contribution in [1.82, 2.24) is 9.88 Å². The number of thiazole rings is 1. The van der Waals surface area contributed by atoms with E-state index < -0.39 is 0 Å². The zero-order chi connectivity index (χ0) is 12.3. The molecule has 0 radical (unpaired) electrons. The lowest BCUT2D eigenvalue weighted by Gasteiger charge is -2.31. The molecule has 0 aromatic carbocycles. The Labute approximate surface area is 107 Å². The first kappa shape index (κ1) is 13.0. The van der Waals surface area contributed by atoms with Crippen LogP contribution in [-0.2, 0) is 6.42 Å². The molecule has 2 rings (SSSR count). The SMILES string of the molecule is CC(CO)c1cnc(CC2CCCCN2C)s1. The summed E-state index contributed by atoms with van der Waals surface area (Å²) in [6.45, 7) is 3.48. The average Bonchev–Trinajstić information content (AvgIpc) is 2.80. The number of likely N-dealkylation sites (tertiary alicyclic amines) is 1. The number of aliphatic hydroxyl groups excluding tert-OH is 1. The van der Waals surface area contributed by atoms with Crippen LogP contribution < -0.4 is 0 Å². The van der Waals surface area contributed by atoms with Gasteiger partial charge in [0.2, 0.25) is 0 Å². The number of nitrogens with zero attached hydrogens (tertiary/aromatic N) is 2. The van der Waals surface area contributed by atoms with Crippen LogP contribution in [0.5, 0.6) is 0 Å². The van der Waals surface area contributed by atoms with Gasteiger partial charge in [-0.3, -0.25) is 0 Å². The normalized spacial score (nSPS) is 23.8. The van der Waals surface area contributed by atoms with Crippen molar-refractivity contribution >= 4 is 11.3 Å². The van der Waals surface area contributed by atoms with Gasteiger partial charge in [0.15, 0.2) is 0 Å². The van der Waals surface area contributed by atoms with E-state index in [1.54, 1.807) is 11.3 Å². The summed E-state index contributed by atoms with van der Waals surface area (Å²) in [7, 11) is 2.22. The lowest BCUT2D eigenvalue weighted by Crippen LogP contribution is -2.37. The molecular weight excluding hydrogens is 232 g/mol. The zero-order valence-electron chi connectivity index (χ0n) is 10.7. The van der Waals surface area contributed by atoms with Gasteiger partial charge in [-0.15, -0.1) is 11.3 Å². The van der Waals surface area contributed by atoms with E-state index in [-0.39, 0.29) is 12.5 Å². The third kappa shape index (κ3) is 3.27. The second-order valence-corrected chi connectivity index (χ2v) is 6.22. The maximum Gasteiger partial charge on any atom is 0.0943 e. The fourth-order valence-corrected chi connectivity index (χ4v) is 3.37. The molecule has 17 heavy (non-hydrogen) atoms. The molecule has 1 saturated heterocycles. The third-order valence-corrected chi connectivity index (χ3v) is 4.91. The van der Waals surface area contributed by atoms with Crippen molar-refractivity contribution in [2.75, 3.05) is 20.2 Å². The molecule has 4 heteroatoms. The fraction of sp³-hybridized carbons (Fsp3) is 0.769. The minimum absolute atomic E-state index is 0.213. The van der Waals surface area contributed by atoms with Crippen molar-refractivity contribution in [1.29, 1.82) is 0 Å². The highest BCUT2D eigenvalue weighted by Crippen LogP contribution is 2.25. The molecule has 1 aliphatic rings. The molecule has 2 heterocycles. The van der Waals surface area contributed by atoms with Gasteiger partial charge >= 0.3 is 0 Å². The Balaban J connectivity index is 1.96. The first-order valence-electron chi connectivity index (χ1n) is 6.46. The monoisotopic (exact) mass is 254 g/mol. The summed E-state index contributed by atoms with van der Waals surface area (Å²) < 4.78 is 0. The first-order valence-corrected chi connectivity index (χ1v) is 7.28. The predicted octanol–water partition coefficient (Wildman–Crippen LogP) is 2.27. The van der Waals surface area contributed by atoms with Crippen molar-refractivity contribution < 1.29 is 5.11 Å². The van der Waals surface area contributed by atoms with Crippen LogP contribution in [0.15, 0.2) is 6.20 Å². The predicted molar refractivity (Wildman–Crippen MR) is 71.6 cm³/mol. The molecule has 0 saturated carbocycles. The number of likely N-dealkylation sites (N-methyl/N-ethyl adjacent to an activating group) is 1. The molecule has 2 atom stereocenters. The Morgan fingerprint density at radius 2 is 2.41 bits per heavy atom. The first-order chi connectivity index (χ1) is 8.20. The lowest BCUT2D eigenvalue weighted by molar-refractivity contribution is 0.184. The van der Waals surface area contributed by atoms with Gasteiger partial charge in [-0.2, -0.15) is 0 Å². The maximum atomic E-state index is 9.13.